The van der Waals surface area contributed by atoms with E-state index in [2.05, 4.69) is 5.32 Å². The van der Waals surface area contributed by atoms with Crippen LogP contribution in [0.25, 0.3) is 0 Å². The molecular weight excluding hydrogens is 208 g/mol. The van der Waals surface area contributed by atoms with Crippen molar-refractivity contribution >= 4 is 11.9 Å². The van der Waals surface area contributed by atoms with Crippen LogP contribution in [-0.4, -0.2) is 29.6 Å². The average molecular weight is 228 g/mol. The molecule has 0 aliphatic heterocycles. The van der Waals surface area contributed by atoms with Gasteiger partial charge in [-0.25, -0.2) is 0 Å². The summed E-state index contributed by atoms with van der Waals surface area (Å²) in [6.07, 6.45) is 3.53. The van der Waals surface area contributed by atoms with Gasteiger partial charge in [-0.05, 0) is 24.7 Å². The molecule has 1 fully saturated rings. The summed E-state index contributed by atoms with van der Waals surface area (Å²) >= 11 is 0. The van der Waals surface area contributed by atoms with Gasteiger partial charge in [-0.15, -0.1) is 0 Å². The lowest BCUT2D eigenvalue weighted by molar-refractivity contribution is -0.142. The van der Waals surface area contributed by atoms with E-state index in [9.17, 15) is 9.59 Å². The number of carbonyl (C=O) groups excluding carboxylic acids is 1. The molecule has 92 valence electrons. The summed E-state index contributed by atoms with van der Waals surface area (Å²) in [5.74, 6) is -0.979. The quantitative estimate of drug-likeness (QED) is 0.616. The molecule has 0 radical (unpaired) electrons. The van der Waals surface area contributed by atoms with E-state index in [1.165, 1.54) is 0 Å². The molecule has 16 heavy (non-hydrogen) atoms. The second-order valence-corrected chi connectivity index (χ2v) is 4.66. The molecule has 5 heteroatoms. The summed E-state index contributed by atoms with van der Waals surface area (Å²) in [7, 11) is 0. The lowest BCUT2D eigenvalue weighted by Crippen LogP contribution is -2.48. The molecule has 0 saturated heterocycles. The van der Waals surface area contributed by atoms with Crippen molar-refractivity contribution in [3.8, 4) is 0 Å². The van der Waals surface area contributed by atoms with Crippen molar-refractivity contribution < 1.29 is 14.7 Å². The fourth-order valence-corrected chi connectivity index (χ4v) is 2.00. The van der Waals surface area contributed by atoms with E-state index >= 15 is 0 Å². The van der Waals surface area contributed by atoms with E-state index in [-0.39, 0.29) is 17.7 Å². The molecular formula is C11H20N2O3. The number of rotatable bonds is 6. The fraction of sp³-hybridized carbons (Fsp3) is 0.818. The van der Waals surface area contributed by atoms with Gasteiger partial charge in [0.15, 0.2) is 0 Å². The van der Waals surface area contributed by atoms with Crippen molar-refractivity contribution in [1.82, 2.24) is 5.32 Å². The number of carbonyl (C=O) groups is 2. The lowest BCUT2D eigenvalue weighted by Gasteiger charge is -2.41. The Kier molecular flexibility index (Phi) is 4.29. The highest BCUT2D eigenvalue weighted by atomic mass is 16.4. The third-order valence-electron chi connectivity index (χ3n) is 3.35. The third-order valence-corrected chi connectivity index (χ3v) is 3.35. The normalized spacial score (nSPS) is 19.6. The third kappa shape index (κ3) is 3.20. The van der Waals surface area contributed by atoms with Gasteiger partial charge in [0.25, 0.3) is 0 Å². The monoisotopic (exact) mass is 228 g/mol. The van der Waals surface area contributed by atoms with E-state index < -0.39 is 12.0 Å². The van der Waals surface area contributed by atoms with Crippen LogP contribution < -0.4 is 11.1 Å². The molecule has 1 atom stereocenters. The second-order valence-electron chi connectivity index (χ2n) is 4.66. The van der Waals surface area contributed by atoms with Crippen LogP contribution in [-0.2, 0) is 9.59 Å². The number of nitrogens with one attached hydrogen (secondary N) is 1. The first-order valence-corrected chi connectivity index (χ1v) is 5.74. The molecule has 0 spiro atoms. The van der Waals surface area contributed by atoms with Crippen LogP contribution in [0.5, 0.6) is 0 Å². The van der Waals surface area contributed by atoms with Gasteiger partial charge < -0.3 is 16.2 Å². The lowest BCUT2D eigenvalue weighted by atomic mass is 9.66. The predicted octanol–water partition coefficient (Wildman–Crippen LogP) is 0.485. The van der Waals surface area contributed by atoms with E-state index in [1.807, 2.05) is 6.92 Å². The minimum atomic E-state index is -0.797. The van der Waals surface area contributed by atoms with Crippen LogP contribution in [0.1, 0.15) is 39.0 Å². The maximum Gasteiger partial charge on any atom is 0.303 e. The Morgan fingerprint density at radius 1 is 1.50 bits per heavy atom. The van der Waals surface area contributed by atoms with Gasteiger partial charge in [0.05, 0.1) is 12.5 Å². The number of aliphatic carboxylic acids is 1. The summed E-state index contributed by atoms with van der Waals surface area (Å²) in [6.45, 7) is 2.28. The summed E-state index contributed by atoms with van der Waals surface area (Å²) in [4.78, 5) is 22.2. The molecule has 0 aromatic carbocycles. The second kappa shape index (κ2) is 5.30. The zero-order chi connectivity index (χ0) is 12.2. The Morgan fingerprint density at radius 2 is 2.12 bits per heavy atom. The highest BCUT2D eigenvalue weighted by Gasteiger charge is 2.39. The Morgan fingerprint density at radius 3 is 2.50 bits per heavy atom. The van der Waals surface area contributed by atoms with E-state index in [0.717, 1.165) is 19.3 Å². The number of hydrogen-bond acceptors (Lipinski definition) is 3. The molecule has 1 amide bonds. The maximum atomic E-state index is 11.5. The van der Waals surface area contributed by atoms with Crippen LogP contribution >= 0.6 is 0 Å². The first-order valence-electron chi connectivity index (χ1n) is 5.74. The Labute approximate surface area is 95.4 Å². The first kappa shape index (κ1) is 13.0. The Bertz CT molecular complexity index is 274. The molecule has 1 saturated carbocycles. The molecule has 1 rings (SSSR count). The molecule has 1 aliphatic rings. The van der Waals surface area contributed by atoms with Crippen molar-refractivity contribution in [1.29, 1.82) is 0 Å². The van der Waals surface area contributed by atoms with Gasteiger partial charge in [-0.1, -0.05) is 13.3 Å². The SMILES string of the molecule is CCC(N)C(=O)NCC1(CC(=O)O)CCC1. The van der Waals surface area contributed by atoms with Crippen LogP contribution in [0.3, 0.4) is 0 Å². The zero-order valence-corrected chi connectivity index (χ0v) is 9.66. The molecule has 0 bridgehead atoms. The number of amides is 1. The number of nitrogens with two attached hydrogens (primary N) is 1. The molecule has 0 aromatic heterocycles. The van der Waals surface area contributed by atoms with Crippen molar-refractivity contribution in [3.05, 3.63) is 0 Å². The van der Waals surface area contributed by atoms with Gasteiger partial charge in [-0.3, -0.25) is 9.59 Å². The van der Waals surface area contributed by atoms with Gasteiger partial charge >= 0.3 is 5.97 Å². The van der Waals surface area contributed by atoms with Gasteiger partial charge in [0, 0.05) is 6.54 Å². The van der Waals surface area contributed by atoms with Gasteiger partial charge in [0.2, 0.25) is 5.91 Å². The van der Waals surface area contributed by atoms with Crippen LogP contribution in [0.4, 0.5) is 0 Å². The van der Waals surface area contributed by atoms with Crippen molar-refractivity contribution in [2.75, 3.05) is 6.54 Å². The first-order chi connectivity index (χ1) is 7.49. The van der Waals surface area contributed by atoms with E-state index in [0.29, 0.717) is 13.0 Å². The summed E-state index contributed by atoms with van der Waals surface area (Å²) in [5.41, 5.74) is 5.35. The minimum Gasteiger partial charge on any atom is -0.481 e. The molecule has 1 aliphatic carbocycles. The molecule has 5 nitrogen and oxygen atoms in total. The molecule has 1 unspecified atom stereocenters. The van der Waals surface area contributed by atoms with Gasteiger partial charge in [0.1, 0.15) is 0 Å². The van der Waals surface area contributed by atoms with E-state index in [1.54, 1.807) is 0 Å². The highest BCUT2D eigenvalue weighted by Crippen LogP contribution is 2.43. The maximum absolute atomic E-state index is 11.5. The average Bonchev–Trinajstić information content (AvgIpc) is 2.19. The highest BCUT2D eigenvalue weighted by molar-refractivity contribution is 5.81. The van der Waals surface area contributed by atoms with Crippen LogP contribution in [0, 0.1) is 5.41 Å². The smallest absolute Gasteiger partial charge is 0.303 e. The molecule has 0 heterocycles. The Hall–Kier alpha value is -1.10. The summed E-state index contributed by atoms with van der Waals surface area (Å²) in [6, 6.07) is -0.484. The van der Waals surface area contributed by atoms with Crippen molar-refractivity contribution in [2.24, 2.45) is 11.1 Å². The summed E-state index contributed by atoms with van der Waals surface area (Å²) < 4.78 is 0. The number of hydrogen-bond donors (Lipinski definition) is 3. The van der Waals surface area contributed by atoms with Crippen LogP contribution in [0.2, 0.25) is 0 Å². The molecule has 4 N–H and O–H groups in total. The fourth-order valence-electron chi connectivity index (χ4n) is 2.00. The van der Waals surface area contributed by atoms with Crippen molar-refractivity contribution in [2.45, 2.75) is 45.1 Å². The van der Waals surface area contributed by atoms with Gasteiger partial charge in [-0.2, -0.15) is 0 Å². The van der Waals surface area contributed by atoms with Crippen molar-refractivity contribution in [3.63, 3.8) is 0 Å². The number of carboxylic acid groups (broad SMARTS) is 1. The zero-order valence-electron chi connectivity index (χ0n) is 9.66. The predicted molar refractivity (Wildman–Crippen MR) is 59.8 cm³/mol. The molecule has 0 aromatic rings. The van der Waals surface area contributed by atoms with Crippen LogP contribution in [0.15, 0.2) is 0 Å². The number of carboxylic acids is 1. The summed E-state index contributed by atoms with van der Waals surface area (Å²) in [5, 5.41) is 11.6. The Balaban J connectivity index is 2.40. The minimum absolute atomic E-state index is 0.134. The topological polar surface area (TPSA) is 92.4 Å². The van der Waals surface area contributed by atoms with E-state index in [4.69, 9.17) is 10.8 Å². The standard InChI is InChI=1S/C11H20N2O3/c1-2-8(12)10(16)13-7-11(4-3-5-11)6-9(14)15/h8H,2-7,12H2,1H3,(H,13,16)(H,14,15). The largest absolute Gasteiger partial charge is 0.481 e.